The van der Waals surface area contributed by atoms with Crippen molar-refractivity contribution in [2.24, 2.45) is 40.1 Å². The van der Waals surface area contributed by atoms with Crippen LogP contribution in [-0.2, 0) is 0 Å². The monoisotopic (exact) mass is 749 g/mol. The summed E-state index contributed by atoms with van der Waals surface area (Å²) in [7, 11) is 0. The van der Waals surface area contributed by atoms with Crippen molar-refractivity contribution in [3.8, 4) is 0 Å². The average molecular weight is 749 g/mol. The van der Waals surface area contributed by atoms with Gasteiger partial charge < -0.3 is 72.0 Å². The number of nitrogens with two attached hydrogens (primary N) is 7. The Bertz CT molecular complexity index is 678. The molecule has 0 atom stereocenters. The maximum absolute atomic E-state index is 5.98. The van der Waals surface area contributed by atoms with Gasteiger partial charge in [0.1, 0.15) is 0 Å². The van der Waals surface area contributed by atoms with Gasteiger partial charge in [-0.25, -0.2) is 0 Å². The summed E-state index contributed by atoms with van der Waals surface area (Å²) >= 11 is 0. The van der Waals surface area contributed by atoms with E-state index in [0.717, 1.165) is 177 Å². The van der Waals surface area contributed by atoms with Crippen molar-refractivity contribution in [3.63, 3.8) is 0 Å². The van der Waals surface area contributed by atoms with Crippen LogP contribution in [0.3, 0.4) is 0 Å². The molecule has 18 nitrogen and oxygen atoms in total. The fourth-order valence-corrected chi connectivity index (χ4v) is 5.92. The molecule has 0 bridgehead atoms. The lowest BCUT2D eigenvalue weighted by Crippen LogP contribution is -2.45. The highest BCUT2D eigenvalue weighted by molar-refractivity contribution is 4.70. The van der Waals surface area contributed by atoms with Gasteiger partial charge in [0, 0.05) is 223 Å². The van der Waals surface area contributed by atoms with Gasteiger partial charge in [-0.15, -0.1) is 0 Å². The zero-order valence-electron chi connectivity index (χ0n) is 33.3. The molecule has 0 radical (unpaired) electrons. The largest absolute Gasteiger partial charge is 0.329 e. The van der Waals surface area contributed by atoms with E-state index in [1.807, 2.05) is 0 Å². The summed E-state index contributed by atoms with van der Waals surface area (Å²) in [6.07, 6.45) is 0. The van der Waals surface area contributed by atoms with Crippen LogP contribution in [0, 0.1) is 0 Å². The molecule has 0 aliphatic carbocycles. The summed E-state index contributed by atoms with van der Waals surface area (Å²) in [5.41, 5.74) is 40.6. The molecule has 0 unspecified atom stereocenters. The van der Waals surface area contributed by atoms with Gasteiger partial charge in [-0.2, -0.15) is 0 Å². The van der Waals surface area contributed by atoms with Crippen molar-refractivity contribution < 1.29 is 0 Å². The van der Waals surface area contributed by atoms with Crippen molar-refractivity contribution >= 4 is 0 Å². The van der Waals surface area contributed by atoms with Crippen LogP contribution in [0.25, 0.3) is 0 Å². The predicted octanol–water partition coefficient (Wildman–Crippen LogP) is -7.26. The molecule has 0 aromatic carbocycles. The van der Waals surface area contributed by atoms with Crippen molar-refractivity contribution in [3.05, 3.63) is 0 Å². The standard InChI is InChI=1S/C34H88N18/c35-1-8-42-9-10-43-14-27-49(22-4-38)29-16-46-18-31-51(24-6-40)33-34-52(25-7-41)32-19-47-17-30-50(23-5-39)28-15-45-12-11-44-13-26-48(20-2-36)21-3-37/h42-47H,1-41H2. The fraction of sp³-hybridized carbons (Fsp3) is 1.00. The van der Waals surface area contributed by atoms with E-state index in [9.17, 15) is 0 Å². The molecule has 20 N–H and O–H groups in total. The number of nitrogens with one attached hydrogen (secondary N) is 6. The number of rotatable bonds is 44. The highest BCUT2D eigenvalue weighted by atomic mass is 15.2. The molecule has 0 aliphatic rings. The molecule has 0 spiro atoms. The molecule has 314 valence electrons. The van der Waals surface area contributed by atoms with Crippen LogP contribution in [0.2, 0.25) is 0 Å². The SMILES string of the molecule is NCCNCCNCCN(CCN)CCNCCN(CCN)CCN(CCN)CCNCCN(CCN)CCNCCNCCN(CCN)CCN. The third-order valence-corrected chi connectivity index (χ3v) is 8.92. The number of hydrogen-bond donors (Lipinski definition) is 13. The molecule has 0 fully saturated rings. The summed E-state index contributed by atoms with van der Waals surface area (Å²) in [5.74, 6) is 0. The molecule has 0 aromatic heterocycles. The third kappa shape index (κ3) is 33.8. The number of nitrogens with zero attached hydrogens (tertiary/aromatic N) is 5. The summed E-state index contributed by atoms with van der Waals surface area (Å²) in [5, 5.41) is 21.1. The van der Waals surface area contributed by atoms with Crippen LogP contribution in [0.5, 0.6) is 0 Å². The first-order chi connectivity index (χ1) is 25.6. The Hall–Kier alpha value is -0.720. The normalized spacial score (nSPS) is 12.2. The molecule has 0 rings (SSSR count). The van der Waals surface area contributed by atoms with E-state index < -0.39 is 0 Å². The van der Waals surface area contributed by atoms with Crippen LogP contribution >= 0.6 is 0 Å². The van der Waals surface area contributed by atoms with Crippen LogP contribution in [0.1, 0.15) is 0 Å². The minimum absolute atomic E-state index is 0.659. The zero-order valence-corrected chi connectivity index (χ0v) is 33.3. The second-order valence-corrected chi connectivity index (χ2v) is 13.2. The maximum atomic E-state index is 5.98. The molecule has 0 amide bonds. The Morgan fingerprint density at radius 1 is 0.192 bits per heavy atom. The first-order valence-electron chi connectivity index (χ1n) is 20.3. The van der Waals surface area contributed by atoms with Gasteiger partial charge in [0.25, 0.3) is 0 Å². The van der Waals surface area contributed by atoms with E-state index in [4.69, 9.17) is 40.1 Å². The molecular weight excluding hydrogens is 660 g/mol. The van der Waals surface area contributed by atoms with Crippen LogP contribution in [-0.4, -0.2) is 247 Å². The van der Waals surface area contributed by atoms with Gasteiger partial charge in [0.05, 0.1) is 0 Å². The van der Waals surface area contributed by atoms with Gasteiger partial charge >= 0.3 is 0 Å². The van der Waals surface area contributed by atoms with E-state index in [0.29, 0.717) is 45.8 Å². The molecule has 0 saturated carbocycles. The van der Waals surface area contributed by atoms with E-state index in [-0.39, 0.29) is 0 Å². The van der Waals surface area contributed by atoms with Crippen LogP contribution in [0.15, 0.2) is 0 Å². The lowest BCUT2D eigenvalue weighted by Gasteiger charge is -2.28. The van der Waals surface area contributed by atoms with Crippen LogP contribution in [0.4, 0.5) is 0 Å². The van der Waals surface area contributed by atoms with Gasteiger partial charge in [-0.3, -0.25) is 24.5 Å². The van der Waals surface area contributed by atoms with Crippen molar-refractivity contribution in [1.29, 1.82) is 0 Å². The highest BCUT2D eigenvalue weighted by Crippen LogP contribution is 1.93. The van der Waals surface area contributed by atoms with Gasteiger partial charge in [-0.05, 0) is 0 Å². The zero-order chi connectivity index (χ0) is 38.2. The Labute approximate surface area is 318 Å². The topological polar surface area (TPSA) is 271 Å². The van der Waals surface area contributed by atoms with Gasteiger partial charge in [0.2, 0.25) is 0 Å². The Kier molecular flexibility index (Phi) is 40.9. The minimum atomic E-state index is 0.659. The first kappa shape index (κ1) is 51.3. The Morgan fingerprint density at radius 3 is 0.615 bits per heavy atom. The molecule has 52 heavy (non-hydrogen) atoms. The summed E-state index contributed by atoms with van der Waals surface area (Å²) in [6.45, 7) is 30.2. The van der Waals surface area contributed by atoms with Crippen molar-refractivity contribution in [2.75, 3.05) is 223 Å². The summed E-state index contributed by atoms with van der Waals surface area (Å²) in [4.78, 5) is 12.1. The van der Waals surface area contributed by atoms with E-state index in [2.05, 4.69) is 56.4 Å². The van der Waals surface area contributed by atoms with Gasteiger partial charge in [-0.1, -0.05) is 0 Å². The average Bonchev–Trinajstić information content (AvgIpc) is 3.13. The maximum Gasteiger partial charge on any atom is 0.0110 e. The second kappa shape index (κ2) is 41.4. The smallest absolute Gasteiger partial charge is 0.0110 e. The van der Waals surface area contributed by atoms with Crippen LogP contribution < -0.4 is 72.0 Å². The van der Waals surface area contributed by atoms with E-state index in [1.165, 1.54) is 0 Å². The lowest BCUT2D eigenvalue weighted by molar-refractivity contribution is 0.207. The van der Waals surface area contributed by atoms with E-state index in [1.54, 1.807) is 0 Å². The quantitative estimate of drug-likeness (QED) is 0.0258. The first-order valence-corrected chi connectivity index (χ1v) is 20.3. The molecule has 0 heterocycles. The highest BCUT2D eigenvalue weighted by Gasteiger charge is 2.10. The van der Waals surface area contributed by atoms with Gasteiger partial charge in [0.15, 0.2) is 0 Å². The van der Waals surface area contributed by atoms with E-state index >= 15 is 0 Å². The number of hydrogen-bond acceptors (Lipinski definition) is 18. The fourth-order valence-electron chi connectivity index (χ4n) is 5.92. The second-order valence-electron chi connectivity index (χ2n) is 13.2. The molecule has 18 heteroatoms. The summed E-state index contributed by atoms with van der Waals surface area (Å²) < 4.78 is 0. The minimum Gasteiger partial charge on any atom is -0.329 e. The third-order valence-electron chi connectivity index (χ3n) is 8.92. The summed E-state index contributed by atoms with van der Waals surface area (Å²) in [6, 6.07) is 0. The van der Waals surface area contributed by atoms with Crippen molar-refractivity contribution in [2.45, 2.75) is 0 Å². The Balaban J connectivity index is 4.21. The molecule has 0 aliphatic heterocycles. The molecular formula is C34H88N18. The molecule has 0 aromatic rings. The Morgan fingerprint density at radius 2 is 0.385 bits per heavy atom. The van der Waals surface area contributed by atoms with Crippen molar-refractivity contribution in [1.82, 2.24) is 56.4 Å². The molecule has 0 saturated heterocycles. The predicted molar refractivity (Wildman–Crippen MR) is 223 cm³/mol. The lowest BCUT2D eigenvalue weighted by atomic mass is 10.3.